The van der Waals surface area contributed by atoms with Gasteiger partial charge in [-0.1, -0.05) is 22.0 Å². The highest BCUT2D eigenvalue weighted by molar-refractivity contribution is 9.10. The summed E-state index contributed by atoms with van der Waals surface area (Å²) in [5.41, 5.74) is 0.399. The monoisotopic (exact) mass is 453 g/mol. The molecule has 2 aromatic rings. The van der Waals surface area contributed by atoms with Crippen LogP contribution in [0.4, 0.5) is 0 Å². The molecule has 0 bridgehead atoms. The third-order valence-electron chi connectivity index (χ3n) is 2.81. The molecule has 0 amide bonds. The van der Waals surface area contributed by atoms with E-state index in [4.69, 9.17) is 19.5 Å². The Balaban J connectivity index is 2.09. The molecule has 5 nitrogen and oxygen atoms in total. The summed E-state index contributed by atoms with van der Waals surface area (Å²) in [6, 6.07) is 12.2. The summed E-state index contributed by atoms with van der Waals surface area (Å²) < 4.78 is 17.5. The molecule has 0 N–H and O–H groups in total. The lowest BCUT2D eigenvalue weighted by atomic mass is 10.2. The summed E-state index contributed by atoms with van der Waals surface area (Å²) >= 11 is 6.62. The van der Waals surface area contributed by atoms with E-state index in [1.165, 1.54) is 6.07 Å². The quantitative estimate of drug-likeness (QED) is 0.475. The van der Waals surface area contributed by atoms with E-state index in [0.29, 0.717) is 28.1 Å². The summed E-state index contributed by atoms with van der Waals surface area (Å²) in [6.45, 7) is 1.92. The molecular weight excluding hydrogens is 442 g/mol. The average molecular weight is 455 g/mol. The number of carbonyl (C=O) groups is 1. The van der Waals surface area contributed by atoms with Crippen LogP contribution in [0.1, 0.15) is 12.5 Å². The number of carbonyl (C=O) groups excluding carboxylic acids is 1. The van der Waals surface area contributed by atoms with Gasteiger partial charge in [0.05, 0.1) is 22.7 Å². The van der Waals surface area contributed by atoms with Gasteiger partial charge in [0, 0.05) is 10.5 Å². The first-order valence-electron chi connectivity index (χ1n) is 6.99. The van der Waals surface area contributed by atoms with E-state index < -0.39 is 5.97 Å². The van der Waals surface area contributed by atoms with Crippen molar-refractivity contribution in [1.29, 1.82) is 5.26 Å². The van der Waals surface area contributed by atoms with Gasteiger partial charge >= 0.3 is 5.97 Å². The van der Waals surface area contributed by atoms with E-state index >= 15 is 0 Å². The Morgan fingerprint density at radius 2 is 2.00 bits per heavy atom. The third kappa shape index (κ3) is 4.98. The van der Waals surface area contributed by atoms with Crippen molar-refractivity contribution in [3.05, 3.63) is 50.9 Å². The molecule has 0 aliphatic carbocycles. The van der Waals surface area contributed by atoms with Crippen molar-refractivity contribution in [2.24, 2.45) is 0 Å². The summed E-state index contributed by atoms with van der Waals surface area (Å²) in [7, 11) is 0. The second-order valence-electron chi connectivity index (χ2n) is 4.55. The third-order valence-corrected chi connectivity index (χ3v) is 3.89. The van der Waals surface area contributed by atoms with Crippen LogP contribution in [0.3, 0.4) is 0 Å². The average Bonchev–Trinajstić information content (AvgIpc) is 2.56. The minimum atomic E-state index is -0.582. The van der Waals surface area contributed by atoms with Gasteiger partial charge < -0.3 is 14.2 Å². The number of benzene rings is 2. The van der Waals surface area contributed by atoms with Gasteiger partial charge in [0.15, 0.2) is 18.1 Å². The Kier molecular flexibility index (Phi) is 6.64. The van der Waals surface area contributed by atoms with Crippen LogP contribution in [0.2, 0.25) is 0 Å². The molecule has 0 atom stereocenters. The van der Waals surface area contributed by atoms with Crippen LogP contribution in [0.5, 0.6) is 17.2 Å². The number of nitrogens with zero attached hydrogens (tertiary/aromatic N) is 1. The zero-order valence-corrected chi connectivity index (χ0v) is 15.9. The second-order valence-corrected chi connectivity index (χ2v) is 6.32. The summed E-state index contributed by atoms with van der Waals surface area (Å²) in [4.78, 5) is 12.0. The zero-order chi connectivity index (χ0) is 17.5. The number of ether oxygens (including phenoxy) is 3. The first-order valence-corrected chi connectivity index (χ1v) is 8.57. The van der Waals surface area contributed by atoms with Crippen molar-refractivity contribution in [1.82, 2.24) is 0 Å². The summed E-state index contributed by atoms with van der Waals surface area (Å²) in [6.07, 6.45) is 0. The van der Waals surface area contributed by atoms with Gasteiger partial charge in [0.1, 0.15) is 5.75 Å². The highest BCUT2D eigenvalue weighted by Gasteiger charge is 2.16. The molecule has 7 heteroatoms. The van der Waals surface area contributed by atoms with E-state index in [1.54, 1.807) is 31.2 Å². The Morgan fingerprint density at radius 1 is 1.21 bits per heavy atom. The maximum atomic E-state index is 12.0. The van der Waals surface area contributed by atoms with Crippen LogP contribution in [0.15, 0.2) is 45.3 Å². The number of hydrogen-bond acceptors (Lipinski definition) is 5. The first kappa shape index (κ1) is 18.3. The fourth-order valence-corrected chi connectivity index (χ4v) is 2.74. The molecule has 0 saturated heterocycles. The van der Waals surface area contributed by atoms with Gasteiger partial charge in [-0.15, -0.1) is 0 Å². The lowest BCUT2D eigenvalue weighted by molar-refractivity contribution is -0.136. The standard InChI is InChI=1S/C17H13Br2NO4/c1-2-22-15-7-11(9-20)6-14(19)17(15)24-16(21)10-23-13-5-3-4-12(18)8-13/h3-8H,2,10H2,1H3. The van der Waals surface area contributed by atoms with Gasteiger partial charge in [-0.3, -0.25) is 0 Å². The van der Waals surface area contributed by atoms with Crippen LogP contribution in [-0.4, -0.2) is 19.2 Å². The molecule has 0 fully saturated rings. The smallest absolute Gasteiger partial charge is 0.349 e. The maximum Gasteiger partial charge on any atom is 0.349 e. The predicted molar refractivity (Wildman–Crippen MR) is 95.3 cm³/mol. The summed E-state index contributed by atoms with van der Waals surface area (Å²) in [5, 5.41) is 9.00. The van der Waals surface area contributed by atoms with E-state index in [0.717, 1.165) is 4.47 Å². The molecule has 2 rings (SSSR count). The normalized spacial score (nSPS) is 9.92. The molecule has 0 radical (unpaired) electrons. The van der Waals surface area contributed by atoms with Crippen LogP contribution in [0.25, 0.3) is 0 Å². The van der Waals surface area contributed by atoms with Crippen LogP contribution >= 0.6 is 31.9 Å². The van der Waals surface area contributed by atoms with Gasteiger partial charge in [0.25, 0.3) is 0 Å². The molecule has 124 valence electrons. The van der Waals surface area contributed by atoms with Crippen LogP contribution < -0.4 is 14.2 Å². The SMILES string of the molecule is CCOc1cc(C#N)cc(Br)c1OC(=O)COc1cccc(Br)c1. The number of hydrogen-bond donors (Lipinski definition) is 0. The lowest BCUT2D eigenvalue weighted by Crippen LogP contribution is -2.18. The minimum absolute atomic E-state index is 0.221. The molecule has 0 aromatic heterocycles. The fraction of sp³-hybridized carbons (Fsp3) is 0.176. The Labute approximate surface area is 156 Å². The van der Waals surface area contributed by atoms with E-state index in [9.17, 15) is 4.79 Å². The topological polar surface area (TPSA) is 68.5 Å². The largest absolute Gasteiger partial charge is 0.490 e. The molecule has 0 heterocycles. The number of halogens is 2. The summed E-state index contributed by atoms with van der Waals surface area (Å²) in [5.74, 6) is 0.504. The van der Waals surface area contributed by atoms with E-state index in [-0.39, 0.29) is 12.4 Å². The Bertz CT molecular complexity index is 787. The molecule has 0 unspecified atom stereocenters. The van der Waals surface area contributed by atoms with Crippen molar-refractivity contribution in [2.75, 3.05) is 13.2 Å². The Morgan fingerprint density at radius 3 is 2.67 bits per heavy atom. The Hall–Kier alpha value is -2.04. The maximum absolute atomic E-state index is 12.0. The lowest BCUT2D eigenvalue weighted by Gasteiger charge is -2.13. The predicted octanol–water partition coefficient (Wildman–Crippen LogP) is 4.47. The number of rotatable bonds is 6. The molecule has 24 heavy (non-hydrogen) atoms. The fourth-order valence-electron chi connectivity index (χ4n) is 1.84. The molecule has 2 aromatic carbocycles. The van der Waals surface area contributed by atoms with Crippen molar-refractivity contribution >= 4 is 37.8 Å². The second kappa shape index (κ2) is 8.71. The van der Waals surface area contributed by atoms with Crippen molar-refractivity contribution in [3.63, 3.8) is 0 Å². The van der Waals surface area contributed by atoms with E-state index in [2.05, 4.69) is 31.9 Å². The highest BCUT2D eigenvalue weighted by atomic mass is 79.9. The number of nitriles is 1. The molecule has 0 spiro atoms. The van der Waals surface area contributed by atoms with E-state index in [1.807, 2.05) is 12.1 Å². The van der Waals surface area contributed by atoms with Crippen molar-refractivity contribution in [2.45, 2.75) is 6.92 Å². The van der Waals surface area contributed by atoms with Gasteiger partial charge in [-0.2, -0.15) is 5.26 Å². The van der Waals surface area contributed by atoms with Crippen LogP contribution in [-0.2, 0) is 4.79 Å². The molecule has 0 saturated carbocycles. The van der Waals surface area contributed by atoms with Gasteiger partial charge in [-0.05, 0) is 47.1 Å². The zero-order valence-electron chi connectivity index (χ0n) is 12.7. The first-order chi connectivity index (χ1) is 11.5. The van der Waals surface area contributed by atoms with Crippen molar-refractivity contribution in [3.8, 4) is 23.3 Å². The minimum Gasteiger partial charge on any atom is -0.490 e. The van der Waals surface area contributed by atoms with Crippen molar-refractivity contribution < 1.29 is 19.0 Å². The highest BCUT2D eigenvalue weighted by Crippen LogP contribution is 2.37. The van der Waals surface area contributed by atoms with Gasteiger partial charge in [-0.25, -0.2) is 4.79 Å². The molecular formula is C17H13Br2NO4. The van der Waals surface area contributed by atoms with Crippen LogP contribution in [0, 0.1) is 11.3 Å². The molecule has 0 aliphatic rings. The number of esters is 1. The molecule has 0 aliphatic heterocycles. The van der Waals surface area contributed by atoms with Gasteiger partial charge in [0.2, 0.25) is 0 Å².